The maximum absolute atomic E-state index is 11.9. The van der Waals surface area contributed by atoms with E-state index in [4.69, 9.17) is 0 Å². The lowest BCUT2D eigenvalue weighted by atomic mass is 9.49. The summed E-state index contributed by atoms with van der Waals surface area (Å²) in [6.45, 7) is 4.80. The van der Waals surface area contributed by atoms with Crippen molar-refractivity contribution in [2.75, 3.05) is 0 Å². The third-order valence-electron chi connectivity index (χ3n) is 8.64. The van der Waals surface area contributed by atoms with Gasteiger partial charge in [0.1, 0.15) is 0 Å². The predicted molar refractivity (Wildman–Crippen MR) is 94.3 cm³/mol. The molecule has 0 radical (unpaired) electrons. The van der Waals surface area contributed by atoms with Crippen LogP contribution in [0.2, 0.25) is 0 Å². The van der Waals surface area contributed by atoms with Crippen molar-refractivity contribution in [3.05, 3.63) is 34.9 Å². The molecule has 1 spiro atoms. The van der Waals surface area contributed by atoms with Crippen LogP contribution < -0.4 is 0 Å². The largest absolute Gasteiger partial charge is 0.392 e. The maximum Gasteiger partial charge on any atom is 0.155 e. The topological polar surface area (TPSA) is 37.3 Å². The molecule has 5 atom stereocenters. The average molecular weight is 324 g/mol. The molecule has 5 aliphatic carbocycles. The molecular weight excluding hydrogens is 296 g/mol. The molecule has 0 bridgehead atoms. The van der Waals surface area contributed by atoms with Crippen LogP contribution >= 0.6 is 0 Å². The van der Waals surface area contributed by atoms with Gasteiger partial charge in [-0.2, -0.15) is 0 Å². The number of fused-ring (bicyclic) bond motifs is 4. The molecular formula is C22H28O2. The van der Waals surface area contributed by atoms with Gasteiger partial charge in [0.25, 0.3) is 0 Å². The molecule has 5 aliphatic rings. The molecule has 2 heteroatoms. The molecule has 0 aliphatic heterocycles. The van der Waals surface area contributed by atoms with Crippen molar-refractivity contribution in [2.24, 2.45) is 22.2 Å². The number of ketones is 1. The number of aliphatic hydroxyl groups excluding tert-OH is 1. The highest BCUT2D eigenvalue weighted by molar-refractivity contribution is 5.91. The number of hydrogen-bond donors (Lipinski definition) is 1. The fourth-order valence-electron chi connectivity index (χ4n) is 7.12. The minimum atomic E-state index is -0.171. The Bertz CT molecular complexity index is 726. The Hall–Kier alpha value is -1.15. The zero-order valence-electron chi connectivity index (χ0n) is 14.9. The first kappa shape index (κ1) is 15.1. The van der Waals surface area contributed by atoms with Gasteiger partial charge in [-0.3, -0.25) is 4.79 Å². The summed E-state index contributed by atoms with van der Waals surface area (Å²) >= 11 is 0. The van der Waals surface area contributed by atoms with Gasteiger partial charge in [0.05, 0.1) is 6.10 Å². The zero-order valence-corrected chi connectivity index (χ0v) is 14.9. The van der Waals surface area contributed by atoms with Crippen LogP contribution in [0.5, 0.6) is 0 Å². The van der Waals surface area contributed by atoms with E-state index in [2.05, 4.69) is 26.0 Å². The van der Waals surface area contributed by atoms with E-state index in [0.29, 0.717) is 18.1 Å². The maximum atomic E-state index is 11.9. The summed E-state index contributed by atoms with van der Waals surface area (Å²) in [4.78, 5) is 11.9. The Balaban J connectivity index is 1.62. The highest BCUT2D eigenvalue weighted by atomic mass is 16.3. The molecule has 128 valence electrons. The summed E-state index contributed by atoms with van der Waals surface area (Å²) in [5.41, 5.74) is 4.80. The van der Waals surface area contributed by atoms with E-state index in [1.807, 2.05) is 6.08 Å². The standard InChI is InChI=1S/C22H28O2/c1-20-9-6-18-16-4-3-14-13-15(23)5-11-21(14,2)17(16)7-12-22(18,20)19(24)8-10-20/h4,6,13,17,19,24H,3,5,7-12H2,1-2H3/t17?,19-,20+,21+,22-/m1/s1. The van der Waals surface area contributed by atoms with E-state index < -0.39 is 0 Å². The molecule has 1 unspecified atom stereocenters. The van der Waals surface area contributed by atoms with Crippen LogP contribution in [0.3, 0.4) is 0 Å². The van der Waals surface area contributed by atoms with Gasteiger partial charge in [0, 0.05) is 11.8 Å². The van der Waals surface area contributed by atoms with Crippen molar-refractivity contribution in [2.45, 2.75) is 71.3 Å². The Kier molecular flexibility index (Phi) is 2.85. The molecule has 24 heavy (non-hydrogen) atoms. The molecule has 0 heterocycles. The first-order chi connectivity index (χ1) is 11.4. The van der Waals surface area contributed by atoms with E-state index in [1.54, 1.807) is 0 Å². The lowest BCUT2D eigenvalue weighted by molar-refractivity contribution is -0.116. The Morgan fingerprint density at radius 3 is 2.79 bits per heavy atom. The summed E-state index contributed by atoms with van der Waals surface area (Å²) < 4.78 is 0. The predicted octanol–water partition coefficient (Wildman–Crippen LogP) is 4.50. The molecule has 2 fully saturated rings. The van der Waals surface area contributed by atoms with Gasteiger partial charge in [-0.25, -0.2) is 0 Å². The number of aliphatic hydroxyl groups is 1. The van der Waals surface area contributed by atoms with Gasteiger partial charge in [0.2, 0.25) is 0 Å². The van der Waals surface area contributed by atoms with E-state index in [9.17, 15) is 9.90 Å². The Morgan fingerprint density at radius 2 is 1.96 bits per heavy atom. The summed E-state index contributed by atoms with van der Waals surface area (Å²) in [5, 5.41) is 10.9. The second kappa shape index (κ2) is 4.52. The van der Waals surface area contributed by atoms with E-state index in [0.717, 1.165) is 44.9 Å². The number of allylic oxidation sites excluding steroid dienone is 5. The Labute approximate surface area is 144 Å². The molecule has 2 nitrogen and oxygen atoms in total. The van der Waals surface area contributed by atoms with E-state index in [-0.39, 0.29) is 22.3 Å². The summed E-state index contributed by atoms with van der Waals surface area (Å²) in [7, 11) is 0. The van der Waals surface area contributed by atoms with Crippen LogP contribution in [0.25, 0.3) is 0 Å². The molecule has 2 saturated carbocycles. The van der Waals surface area contributed by atoms with Crippen molar-refractivity contribution in [3.63, 3.8) is 0 Å². The second-order valence-electron chi connectivity index (χ2n) is 9.42. The number of carbonyl (C=O) groups is 1. The van der Waals surface area contributed by atoms with Crippen LogP contribution in [0.15, 0.2) is 34.9 Å². The fraction of sp³-hybridized carbons (Fsp3) is 0.682. The molecule has 0 aromatic heterocycles. The second-order valence-corrected chi connectivity index (χ2v) is 9.42. The average Bonchev–Trinajstić information content (AvgIpc) is 2.99. The summed E-state index contributed by atoms with van der Waals surface area (Å²) in [5.74, 6) is 0.850. The molecule has 0 saturated heterocycles. The SMILES string of the molecule is C[C@@]12CC=C3C4=CCC5=CC(=O)CC[C@]5(C)C4CC[C@]31[C@H](O)CC2. The highest BCUT2D eigenvalue weighted by Gasteiger charge is 2.64. The van der Waals surface area contributed by atoms with Gasteiger partial charge in [-0.1, -0.05) is 31.6 Å². The first-order valence-electron chi connectivity index (χ1n) is 9.74. The highest BCUT2D eigenvalue weighted by Crippen LogP contribution is 2.71. The summed E-state index contributed by atoms with van der Waals surface area (Å²) in [6.07, 6.45) is 14.8. The molecule has 0 aromatic carbocycles. The minimum Gasteiger partial charge on any atom is -0.392 e. The van der Waals surface area contributed by atoms with Crippen LogP contribution in [-0.4, -0.2) is 17.0 Å². The van der Waals surface area contributed by atoms with Gasteiger partial charge in [-0.05, 0) is 78.9 Å². The fourth-order valence-corrected chi connectivity index (χ4v) is 7.12. The normalized spacial score (nSPS) is 49.5. The van der Waals surface area contributed by atoms with Gasteiger partial charge in [0.15, 0.2) is 5.78 Å². The quantitative estimate of drug-likeness (QED) is 0.712. The third-order valence-corrected chi connectivity index (χ3v) is 8.64. The monoisotopic (exact) mass is 324 g/mol. The van der Waals surface area contributed by atoms with E-state index >= 15 is 0 Å². The van der Waals surface area contributed by atoms with Crippen LogP contribution in [0.1, 0.15) is 65.2 Å². The number of carbonyl (C=O) groups excluding carboxylic acids is 1. The van der Waals surface area contributed by atoms with Gasteiger partial charge >= 0.3 is 0 Å². The van der Waals surface area contributed by atoms with Crippen molar-refractivity contribution >= 4 is 5.78 Å². The lowest BCUT2D eigenvalue weighted by Gasteiger charge is -2.55. The summed E-state index contributed by atoms with van der Waals surface area (Å²) in [6, 6.07) is 0. The minimum absolute atomic E-state index is 0.0113. The van der Waals surface area contributed by atoms with Gasteiger partial charge < -0.3 is 5.11 Å². The molecule has 0 amide bonds. The van der Waals surface area contributed by atoms with Gasteiger partial charge in [-0.15, -0.1) is 0 Å². The number of rotatable bonds is 0. The molecule has 5 rings (SSSR count). The smallest absolute Gasteiger partial charge is 0.155 e. The molecule has 0 aromatic rings. The van der Waals surface area contributed by atoms with Crippen molar-refractivity contribution < 1.29 is 9.90 Å². The van der Waals surface area contributed by atoms with Crippen LogP contribution in [0.4, 0.5) is 0 Å². The van der Waals surface area contributed by atoms with Crippen LogP contribution in [-0.2, 0) is 4.79 Å². The van der Waals surface area contributed by atoms with E-state index in [1.165, 1.54) is 16.7 Å². The lowest BCUT2D eigenvalue weighted by Crippen LogP contribution is -2.48. The zero-order chi connectivity index (χ0) is 16.7. The van der Waals surface area contributed by atoms with Crippen molar-refractivity contribution in [1.29, 1.82) is 0 Å². The molecule has 1 N–H and O–H groups in total. The van der Waals surface area contributed by atoms with Crippen LogP contribution in [0, 0.1) is 22.2 Å². The number of hydrogen-bond acceptors (Lipinski definition) is 2. The van der Waals surface area contributed by atoms with Crippen molar-refractivity contribution in [3.8, 4) is 0 Å². The Morgan fingerprint density at radius 1 is 1.12 bits per heavy atom. The van der Waals surface area contributed by atoms with Crippen molar-refractivity contribution in [1.82, 2.24) is 0 Å². The first-order valence-corrected chi connectivity index (χ1v) is 9.74. The third kappa shape index (κ3) is 1.55.